The van der Waals surface area contributed by atoms with Crippen molar-refractivity contribution in [2.24, 2.45) is 0 Å². The van der Waals surface area contributed by atoms with E-state index in [1.807, 2.05) is 12.4 Å². The Morgan fingerprint density at radius 2 is 2.07 bits per heavy atom. The average Bonchev–Trinajstić information content (AvgIpc) is 2.25. The van der Waals surface area contributed by atoms with Crippen molar-refractivity contribution in [3.63, 3.8) is 0 Å². The molecule has 0 aromatic carbocycles. The van der Waals surface area contributed by atoms with Gasteiger partial charge in [-0.1, -0.05) is 0 Å². The third-order valence-electron chi connectivity index (χ3n) is 1.92. The first-order chi connectivity index (χ1) is 6.93. The van der Waals surface area contributed by atoms with Gasteiger partial charge in [0.15, 0.2) is 0 Å². The Hall–Kier alpha value is -1.00. The van der Waals surface area contributed by atoms with Gasteiger partial charge in [0.2, 0.25) is 0 Å². The molecule has 0 aliphatic heterocycles. The molecule has 0 aliphatic rings. The lowest BCUT2D eigenvalue weighted by Gasteiger charge is -2.03. The maximum absolute atomic E-state index is 4.92. The third kappa shape index (κ3) is 4.89. The minimum Gasteiger partial charge on any atom is -0.383 e. The highest BCUT2D eigenvalue weighted by atomic mass is 16.5. The Kier molecular flexibility index (Phi) is 5.86. The summed E-state index contributed by atoms with van der Waals surface area (Å²) in [6.07, 6.45) is 7.42. The predicted octanol–water partition coefficient (Wildman–Crippen LogP) is 0.645. The number of ether oxygens (including phenoxy) is 1. The van der Waals surface area contributed by atoms with Gasteiger partial charge in [-0.2, -0.15) is 0 Å². The topological polar surface area (TPSA) is 47.0 Å². The first-order valence-electron chi connectivity index (χ1n) is 4.87. The van der Waals surface area contributed by atoms with Crippen LogP contribution in [0.25, 0.3) is 0 Å². The molecule has 0 fully saturated rings. The van der Waals surface area contributed by atoms with Gasteiger partial charge >= 0.3 is 0 Å². The van der Waals surface area contributed by atoms with Gasteiger partial charge in [0.05, 0.1) is 6.61 Å². The lowest BCUT2D eigenvalue weighted by atomic mass is 10.2. The Balaban J connectivity index is 1.99. The summed E-state index contributed by atoms with van der Waals surface area (Å²) in [6, 6.07) is 0. The summed E-state index contributed by atoms with van der Waals surface area (Å²) >= 11 is 0. The van der Waals surface area contributed by atoms with E-state index in [1.54, 1.807) is 13.4 Å². The monoisotopic (exact) mass is 195 g/mol. The normalized spacial score (nSPS) is 10.4. The summed E-state index contributed by atoms with van der Waals surface area (Å²) in [5.74, 6) is 0. The van der Waals surface area contributed by atoms with Gasteiger partial charge in [-0.25, -0.2) is 9.97 Å². The van der Waals surface area contributed by atoms with Crippen molar-refractivity contribution in [3.05, 3.63) is 24.3 Å². The van der Waals surface area contributed by atoms with Crippen molar-refractivity contribution in [2.75, 3.05) is 26.8 Å². The zero-order chi connectivity index (χ0) is 10.1. The molecule has 0 bridgehead atoms. The molecule has 0 spiro atoms. The molecule has 1 N–H and O–H groups in total. The van der Waals surface area contributed by atoms with Gasteiger partial charge in [-0.3, -0.25) is 0 Å². The summed E-state index contributed by atoms with van der Waals surface area (Å²) in [5, 5.41) is 3.29. The number of hydrogen-bond donors (Lipinski definition) is 1. The smallest absolute Gasteiger partial charge is 0.115 e. The van der Waals surface area contributed by atoms with E-state index >= 15 is 0 Å². The van der Waals surface area contributed by atoms with Crippen LogP contribution in [0.15, 0.2) is 18.7 Å². The average molecular weight is 195 g/mol. The Morgan fingerprint density at radius 3 is 2.79 bits per heavy atom. The number of nitrogens with one attached hydrogen (secondary N) is 1. The second-order valence-electron chi connectivity index (χ2n) is 3.09. The van der Waals surface area contributed by atoms with Crippen LogP contribution in [0.2, 0.25) is 0 Å². The van der Waals surface area contributed by atoms with E-state index in [0.717, 1.165) is 32.5 Å². The summed E-state index contributed by atoms with van der Waals surface area (Å²) < 4.78 is 4.92. The van der Waals surface area contributed by atoms with Crippen molar-refractivity contribution in [3.8, 4) is 0 Å². The summed E-state index contributed by atoms with van der Waals surface area (Å²) in [5.41, 5.74) is 1.20. The van der Waals surface area contributed by atoms with Gasteiger partial charge in [0.1, 0.15) is 6.33 Å². The summed E-state index contributed by atoms with van der Waals surface area (Å²) in [6.45, 7) is 2.70. The Labute approximate surface area is 84.7 Å². The standard InChI is InChI=1S/C10H17N3O/c1-14-6-5-11-4-2-3-10-7-12-9-13-8-10/h7-9,11H,2-6H2,1H3. The molecule has 0 saturated carbocycles. The minimum atomic E-state index is 0.772. The van der Waals surface area contributed by atoms with E-state index in [4.69, 9.17) is 4.74 Å². The van der Waals surface area contributed by atoms with Crippen molar-refractivity contribution in [1.82, 2.24) is 15.3 Å². The molecule has 0 aliphatic carbocycles. The fourth-order valence-corrected chi connectivity index (χ4v) is 1.18. The molecule has 4 heteroatoms. The lowest BCUT2D eigenvalue weighted by Crippen LogP contribution is -2.20. The molecule has 14 heavy (non-hydrogen) atoms. The second kappa shape index (κ2) is 7.41. The molecular formula is C10H17N3O. The molecule has 0 amide bonds. The van der Waals surface area contributed by atoms with Crippen LogP contribution in [0.4, 0.5) is 0 Å². The first kappa shape index (κ1) is 11.1. The van der Waals surface area contributed by atoms with Crippen LogP contribution in [0, 0.1) is 0 Å². The number of methoxy groups -OCH3 is 1. The van der Waals surface area contributed by atoms with Crippen LogP contribution in [0.1, 0.15) is 12.0 Å². The van der Waals surface area contributed by atoms with Gasteiger partial charge in [-0.15, -0.1) is 0 Å². The van der Waals surface area contributed by atoms with Gasteiger partial charge in [0.25, 0.3) is 0 Å². The zero-order valence-electron chi connectivity index (χ0n) is 8.57. The van der Waals surface area contributed by atoms with E-state index in [2.05, 4.69) is 15.3 Å². The molecule has 0 saturated heterocycles. The van der Waals surface area contributed by atoms with E-state index in [-0.39, 0.29) is 0 Å². The fourth-order valence-electron chi connectivity index (χ4n) is 1.18. The summed E-state index contributed by atoms with van der Waals surface area (Å²) in [7, 11) is 1.71. The van der Waals surface area contributed by atoms with Crippen LogP contribution in [-0.2, 0) is 11.2 Å². The van der Waals surface area contributed by atoms with Crippen molar-refractivity contribution in [2.45, 2.75) is 12.8 Å². The lowest BCUT2D eigenvalue weighted by molar-refractivity contribution is 0.199. The van der Waals surface area contributed by atoms with Gasteiger partial charge in [-0.05, 0) is 24.9 Å². The molecule has 1 heterocycles. The predicted molar refractivity (Wildman–Crippen MR) is 55.1 cm³/mol. The molecule has 0 atom stereocenters. The molecule has 0 radical (unpaired) electrons. The molecule has 1 aromatic heterocycles. The van der Waals surface area contributed by atoms with E-state index in [0.29, 0.717) is 0 Å². The maximum Gasteiger partial charge on any atom is 0.115 e. The van der Waals surface area contributed by atoms with E-state index < -0.39 is 0 Å². The molecular weight excluding hydrogens is 178 g/mol. The highest BCUT2D eigenvalue weighted by Crippen LogP contribution is 1.96. The molecule has 0 unspecified atom stereocenters. The number of hydrogen-bond acceptors (Lipinski definition) is 4. The maximum atomic E-state index is 4.92. The minimum absolute atomic E-state index is 0.772. The second-order valence-corrected chi connectivity index (χ2v) is 3.09. The van der Waals surface area contributed by atoms with Crippen LogP contribution in [0.3, 0.4) is 0 Å². The Morgan fingerprint density at radius 1 is 1.29 bits per heavy atom. The van der Waals surface area contributed by atoms with E-state index in [9.17, 15) is 0 Å². The third-order valence-corrected chi connectivity index (χ3v) is 1.92. The highest BCUT2D eigenvalue weighted by Gasteiger charge is 1.92. The number of aryl methyl sites for hydroxylation is 1. The largest absolute Gasteiger partial charge is 0.383 e. The quantitative estimate of drug-likeness (QED) is 0.649. The van der Waals surface area contributed by atoms with Crippen molar-refractivity contribution >= 4 is 0 Å². The highest BCUT2D eigenvalue weighted by molar-refractivity contribution is 5.01. The van der Waals surface area contributed by atoms with Crippen molar-refractivity contribution in [1.29, 1.82) is 0 Å². The first-order valence-corrected chi connectivity index (χ1v) is 4.87. The zero-order valence-corrected chi connectivity index (χ0v) is 8.57. The van der Waals surface area contributed by atoms with Gasteiger partial charge < -0.3 is 10.1 Å². The van der Waals surface area contributed by atoms with Crippen LogP contribution in [-0.4, -0.2) is 36.8 Å². The Bertz CT molecular complexity index is 228. The summed E-state index contributed by atoms with van der Waals surface area (Å²) in [4.78, 5) is 7.92. The van der Waals surface area contributed by atoms with E-state index in [1.165, 1.54) is 5.56 Å². The molecule has 4 nitrogen and oxygen atoms in total. The molecule has 78 valence electrons. The van der Waals surface area contributed by atoms with Crippen LogP contribution in [0.5, 0.6) is 0 Å². The molecule has 1 aromatic rings. The number of aromatic nitrogens is 2. The fraction of sp³-hybridized carbons (Fsp3) is 0.600. The van der Waals surface area contributed by atoms with Crippen LogP contribution < -0.4 is 5.32 Å². The van der Waals surface area contributed by atoms with Crippen molar-refractivity contribution < 1.29 is 4.74 Å². The van der Waals surface area contributed by atoms with Crippen LogP contribution >= 0.6 is 0 Å². The van der Waals surface area contributed by atoms with Gasteiger partial charge in [0, 0.05) is 26.0 Å². The SMILES string of the molecule is COCCNCCCc1cncnc1. The number of rotatable bonds is 7. The molecule has 1 rings (SSSR count). The number of nitrogens with zero attached hydrogens (tertiary/aromatic N) is 2.